The van der Waals surface area contributed by atoms with Crippen LogP contribution in [-0.4, -0.2) is 73.1 Å². The molecular formula is C20H36N8O6. The number of hydrogen-bond donors (Lipinski definition) is 6. The van der Waals surface area contributed by atoms with Crippen LogP contribution in [0.2, 0.25) is 0 Å². The zero-order valence-corrected chi connectivity index (χ0v) is 20.6. The highest BCUT2D eigenvalue weighted by Gasteiger charge is 2.20. The minimum Gasteiger partial charge on any atom is -0.444 e. The van der Waals surface area contributed by atoms with Gasteiger partial charge in [0.05, 0.1) is 0 Å². The topological polar surface area (TPSA) is 184 Å². The van der Waals surface area contributed by atoms with Gasteiger partial charge in [-0.1, -0.05) is 0 Å². The first-order valence-corrected chi connectivity index (χ1v) is 10.9. The minimum atomic E-state index is -0.578. The number of nitrogens with zero attached hydrogens (tertiary/aromatic N) is 2. The number of rotatable bonds is 10. The highest BCUT2D eigenvalue weighted by molar-refractivity contribution is 6.42. The van der Waals surface area contributed by atoms with Crippen LogP contribution in [0.4, 0.5) is 9.59 Å². The predicted octanol–water partition coefficient (Wildman–Crippen LogP) is -0.132. The molecule has 0 aliphatic carbocycles. The number of amides is 4. The number of alkyl carbamates (subject to hydrolysis) is 2. The molecule has 0 aromatic heterocycles. The third kappa shape index (κ3) is 13.1. The molecule has 0 spiro atoms. The number of carbonyl (C=O) groups is 4. The summed E-state index contributed by atoms with van der Waals surface area (Å²) in [5, 5.41) is 18.0. The molecule has 0 aromatic rings. The fraction of sp³-hybridized carbons (Fsp3) is 0.700. The van der Waals surface area contributed by atoms with Crippen LogP contribution in [0, 0.1) is 0 Å². The van der Waals surface area contributed by atoms with Gasteiger partial charge in [-0.3, -0.25) is 20.4 Å². The number of amidine groups is 2. The predicted molar refractivity (Wildman–Crippen MR) is 125 cm³/mol. The van der Waals surface area contributed by atoms with Crippen molar-refractivity contribution in [3.63, 3.8) is 0 Å². The number of ether oxygens (including phenoxy) is 2. The highest BCUT2D eigenvalue weighted by Crippen LogP contribution is 2.06. The Morgan fingerprint density at radius 1 is 0.647 bits per heavy atom. The maximum atomic E-state index is 12.1. The molecule has 14 heteroatoms. The Morgan fingerprint density at radius 3 is 1.26 bits per heavy atom. The molecule has 1 aliphatic heterocycles. The lowest BCUT2D eigenvalue weighted by molar-refractivity contribution is -0.116. The van der Waals surface area contributed by atoms with Crippen molar-refractivity contribution in [1.29, 1.82) is 0 Å². The van der Waals surface area contributed by atoms with Crippen molar-refractivity contribution in [3.05, 3.63) is 0 Å². The number of hydrazone groups is 2. The van der Waals surface area contributed by atoms with Crippen molar-refractivity contribution in [2.75, 3.05) is 26.2 Å². The van der Waals surface area contributed by atoms with Crippen LogP contribution in [0.1, 0.15) is 54.4 Å². The number of hydrogen-bond acceptors (Lipinski definition) is 10. The van der Waals surface area contributed by atoms with Gasteiger partial charge < -0.3 is 30.7 Å². The van der Waals surface area contributed by atoms with E-state index in [0.29, 0.717) is 25.9 Å². The molecule has 0 fully saturated rings. The smallest absolute Gasteiger partial charge is 0.407 e. The third-order valence-electron chi connectivity index (χ3n) is 3.59. The van der Waals surface area contributed by atoms with Crippen LogP contribution >= 0.6 is 0 Å². The molecule has 0 saturated carbocycles. The van der Waals surface area contributed by atoms with Gasteiger partial charge in [-0.2, -0.15) is 0 Å². The first-order chi connectivity index (χ1) is 15.8. The van der Waals surface area contributed by atoms with E-state index in [-0.39, 0.29) is 24.8 Å². The SMILES string of the molecule is CC(C)(C)OC(=O)NCCCNC(=O)C1=NNC(C(=O)NCCCNC(=O)OC(C)(C)C)=NN1. The van der Waals surface area contributed by atoms with E-state index in [1.54, 1.807) is 41.5 Å². The largest absolute Gasteiger partial charge is 0.444 e. The molecule has 0 aromatic carbocycles. The summed E-state index contributed by atoms with van der Waals surface area (Å²) in [6, 6.07) is 0. The molecule has 0 atom stereocenters. The van der Waals surface area contributed by atoms with Crippen LogP contribution < -0.4 is 32.1 Å². The second-order valence-electron chi connectivity index (χ2n) is 9.22. The summed E-state index contributed by atoms with van der Waals surface area (Å²) < 4.78 is 10.2. The molecule has 192 valence electrons. The lowest BCUT2D eigenvalue weighted by Gasteiger charge is -2.19. The van der Waals surface area contributed by atoms with E-state index < -0.39 is 35.2 Å². The quantitative estimate of drug-likeness (QED) is 0.232. The Kier molecular flexibility index (Phi) is 11.1. The van der Waals surface area contributed by atoms with E-state index in [2.05, 4.69) is 42.3 Å². The standard InChI is InChI=1S/C20H36N8O6/c1-19(2,3)33-17(31)23-11-7-9-21-15(29)13-25-27-14(28-26-13)16(30)22-10-8-12-24-18(32)34-20(4,5)6/h7-12H2,1-6H3,(H,21,29)(H,22,30)(H,23,31)(H,24,32)(H,25,26)(H,27,28). The Labute approximate surface area is 199 Å². The average Bonchev–Trinajstić information content (AvgIpc) is 2.70. The molecule has 0 unspecified atom stereocenters. The molecular weight excluding hydrogens is 448 g/mol. The number of nitrogens with one attached hydrogen (secondary N) is 6. The normalized spacial score (nSPS) is 13.2. The highest BCUT2D eigenvalue weighted by atomic mass is 16.6. The second kappa shape index (κ2) is 13.2. The van der Waals surface area contributed by atoms with E-state index in [0.717, 1.165) is 0 Å². The molecule has 6 N–H and O–H groups in total. The molecule has 1 heterocycles. The second-order valence-corrected chi connectivity index (χ2v) is 9.22. The Morgan fingerprint density at radius 2 is 0.971 bits per heavy atom. The summed E-state index contributed by atoms with van der Waals surface area (Å²) in [7, 11) is 0. The first-order valence-electron chi connectivity index (χ1n) is 10.9. The molecule has 0 saturated heterocycles. The molecule has 4 amide bonds. The summed E-state index contributed by atoms with van der Waals surface area (Å²) in [6.45, 7) is 11.8. The average molecular weight is 485 g/mol. The van der Waals surface area contributed by atoms with Crippen molar-refractivity contribution in [3.8, 4) is 0 Å². The maximum Gasteiger partial charge on any atom is 0.407 e. The van der Waals surface area contributed by atoms with Gasteiger partial charge in [0.1, 0.15) is 11.2 Å². The van der Waals surface area contributed by atoms with Gasteiger partial charge >= 0.3 is 12.2 Å². The van der Waals surface area contributed by atoms with Crippen molar-refractivity contribution in [1.82, 2.24) is 32.1 Å². The molecule has 0 bridgehead atoms. The lowest BCUT2D eigenvalue weighted by atomic mass is 10.2. The van der Waals surface area contributed by atoms with Gasteiger partial charge in [0.15, 0.2) is 0 Å². The zero-order chi connectivity index (χ0) is 25.8. The van der Waals surface area contributed by atoms with Crippen molar-refractivity contribution >= 4 is 35.7 Å². The molecule has 0 radical (unpaired) electrons. The van der Waals surface area contributed by atoms with Gasteiger partial charge in [-0.25, -0.2) is 9.59 Å². The Balaban J connectivity index is 2.19. The summed E-state index contributed by atoms with van der Waals surface area (Å²) in [4.78, 5) is 47.2. The van der Waals surface area contributed by atoms with Crippen LogP contribution in [0.15, 0.2) is 10.2 Å². The summed E-state index contributed by atoms with van der Waals surface area (Å²) in [5.41, 5.74) is 3.67. The van der Waals surface area contributed by atoms with E-state index in [1.807, 2.05) is 0 Å². The van der Waals surface area contributed by atoms with Crippen LogP contribution in [0.3, 0.4) is 0 Å². The van der Waals surface area contributed by atoms with Crippen LogP contribution in [-0.2, 0) is 19.1 Å². The third-order valence-corrected chi connectivity index (χ3v) is 3.59. The van der Waals surface area contributed by atoms with Gasteiger partial charge in [0.25, 0.3) is 11.8 Å². The van der Waals surface area contributed by atoms with Crippen LogP contribution in [0.5, 0.6) is 0 Å². The van der Waals surface area contributed by atoms with Gasteiger partial charge in [-0.05, 0) is 54.4 Å². The van der Waals surface area contributed by atoms with Crippen molar-refractivity contribution < 1.29 is 28.7 Å². The Hall–Kier alpha value is -3.58. The van der Waals surface area contributed by atoms with E-state index in [4.69, 9.17) is 9.47 Å². The van der Waals surface area contributed by atoms with Crippen LogP contribution in [0.25, 0.3) is 0 Å². The summed E-state index contributed by atoms with van der Waals surface area (Å²) in [6.07, 6.45) is -0.0989. The maximum absolute atomic E-state index is 12.1. The van der Waals surface area contributed by atoms with Crippen molar-refractivity contribution in [2.45, 2.75) is 65.6 Å². The molecule has 14 nitrogen and oxygen atoms in total. The van der Waals surface area contributed by atoms with Gasteiger partial charge in [-0.15, -0.1) is 10.2 Å². The summed E-state index contributed by atoms with van der Waals surface area (Å²) >= 11 is 0. The van der Waals surface area contributed by atoms with Gasteiger partial charge in [0.2, 0.25) is 11.7 Å². The number of carbonyl (C=O) groups excluding carboxylic acids is 4. The van der Waals surface area contributed by atoms with Gasteiger partial charge in [0, 0.05) is 26.2 Å². The van der Waals surface area contributed by atoms with E-state index in [1.165, 1.54) is 0 Å². The zero-order valence-electron chi connectivity index (χ0n) is 20.6. The molecule has 1 aliphatic rings. The van der Waals surface area contributed by atoms with E-state index >= 15 is 0 Å². The first kappa shape index (κ1) is 28.5. The monoisotopic (exact) mass is 484 g/mol. The minimum absolute atomic E-state index is 0.113. The fourth-order valence-electron chi connectivity index (χ4n) is 2.23. The van der Waals surface area contributed by atoms with E-state index in [9.17, 15) is 19.2 Å². The molecule has 34 heavy (non-hydrogen) atoms. The fourth-order valence-corrected chi connectivity index (χ4v) is 2.23. The lowest BCUT2D eigenvalue weighted by Crippen LogP contribution is -2.48. The Bertz CT molecular complexity index is 732. The van der Waals surface area contributed by atoms with Crippen molar-refractivity contribution in [2.24, 2.45) is 10.2 Å². The molecule has 1 rings (SSSR count). The summed E-state index contributed by atoms with van der Waals surface area (Å²) in [5.74, 6) is -1.28.